The number of rotatable bonds is 5. The fraction of sp³-hybridized carbons (Fsp3) is 0.500. The zero-order valence-corrected chi connectivity index (χ0v) is 11.9. The fourth-order valence-electron chi connectivity index (χ4n) is 1.87. The molecule has 2 rings (SSSR count). The molecule has 1 aliphatic heterocycles. The van der Waals surface area contributed by atoms with E-state index in [0.717, 1.165) is 17.9 Å². The van der Waals surface area contributed by atoms with Gasteiger partial charge in [-0.3, -0.25) is 4.79 Å². The molecule has 19 heavy (non-hydrogen) atoms. The quantitative estimate of drug-likeness (QED) is 0.758. The lowest BCUT2D eigenvalue weighted by Gasteiger charge is -2.12. The molecule has 0 saturated carbocycles. The van der Waals surface area contributed by atoms with E-state index >= 15 is 0 Å². The zero-order valence-electron chi connectivity index (χ0n) is 10.2. The predicted molar refractivity (Wildman–Crippen MR) is 74.8 cm³/mol. The van der Waals surface area contributed by atoms with Gasteiger partial charge in [0.15, 0.2) is 0 Å². The maximum atomic E-state index is 12.0. The van der Waals surface area contributed by atoms with E-state index in [2.05, 4.69) is 5.32 Å². The molecular weight excluding hydrogens is 286 g/mol. The minimum absolute atomic E-state index is 0.0159. The molecule has 1 aromatic rings. The van der Waals surface area contributed by atoms with E-state index in [-0.39, 0.29) is 18.9 Å². The van der Waals surface area contributed by atoms with E-state index < -0.39 is 12.0 Å². The van der Waals surface area contributed by atoms with Gasteiger partial charge in [0.2, 0.25) is 0 Å². The van der Waals surface area contributed by atoms with Gasteiger partial charge in [-0.25, -0.2) is 4.79 Å². The Morgan fingerprint density at radius 2 is 2.26 bits per heavy atom. The summed E-state index contributed by atoms with van der Waals surface area (Å²) in [5.41, 5.74) is 1.18. The van der Waals surface area contributed by atoms with Gasteiger partial charge in [-0.1, -0.05) is 0 Å². The van der Waals surface area contributed by atoms with Crippen molar-refractivity contribution in [3.63, 3.8) is 0 Å². The summed E-state index contributed by atoms with van der Waals surface area (Å²) in [6.45, 7) is -0.269. The first-order valence-electron chi connectivity index (χ1n) is 5.95. The number of carbonyl (C=O) groups is 2. The second-order valence-corrected chi connectivity index (χ2v) is 6.48. The molecular formula is C12H15NO4S2. The maximum absolute atomic E-state index is 12.0. The summed E-state index contributed by atoms with van der Waals surface area (Å²) in [4.78, 5) is 24.7. The molecule has 0 bridgehead atoms. The molecule has 0 unspecified atom stereocenters. The number of hydrogen-bond donors (Lipinski definition) is 3. The molecule has 0 fully saturated rings. The highest BCUT2D eigenvalue weighted by molar-refractivity contribution is 7.98. The molecule has 0 saturated heterocycles. The largest absolute Gasteiger partial charge is 0.480 e. The number of aliphatic hydroxyl groups is 1. The molecule has 1 amide bonds. The van der Waals surface area contributed by atoms with Crippen molar-refractivity contribution in [2.45, 2.75) is 24.6 Å². The van der Waals surface area contributed by atoms with Gasteiger partial charge in [-0.2, -0.15) is 11.8 Å². The molecule has 0 aliphatic carbocycles. The topological polar surface area (TPSA) is 86.6 Å². The van der Waals surface area contributed by atoms with E-state index in [4.69, 9.17) is 10.2 Å². The molecule has 104 valence electrons. The van der Waals surface area contributed by atoms with Crippen molar-refractivity contribution in [1.82, 2.24) is 5.32 Å². The number of thiophene rings is 1. The van der Waals surface area contributed by atoms with Crippen molar-refractivity contribution < 1.29 is 19.8 Å². The van der Waals surface area contributed by atoms with Gasteiger partial charge in [0.05, 0.1) is 4.88 Å². The molecule has 0 radical (unpaired) electrons. The van der Waals surface area contributed by atoms with Crippen molar-refractivity contribution in [3.05, 3.63) is 21.4 Å². The van der Waals surface area contributed by atoms with Gasteiger partial charge in [0.1, 0.15) is 6.04 Å². The Morgan fingerprint density at radius 1 is 1.47 bits per heavy atom. The fourth-order valence-corrected chi connectivity index (χ4v) is 4.15. The van der Waals surface area contributed by atoms with E-state index in [1.807, 2.05) is 17.8 Å². The van der Waals surface area contributed by atoms with Gasteiger partial charge in [-0.05, 0) is 23.8 Å². The molecule has 0 spiro atoms. The van der Waals surface area contributed by atoms with Crippen LogP contribution < -0.4 is 5.32 Å². The van der Waals surface area contributed by atoms with Crippen LogP contribution in [-0.4, -0.2) is 40.5 Å². The minimum atomic E-state index is -1.13. The average Bonchev–Trinajstić information content (AvgIpc) is 2.81. The van der Waals surface area contributed by atoms with Crippen LogP contribution in [0.15, 0.2) is 6.07 Å². The lowest BCUT2D eigenvalue weighted by molar-refractivity contribution is -0.139. The lowest BCUT2D eigenvalue weighted by Crippen LogP contribution is -2.41. The number of hydrogen-bond acceptors (Lipinski definition) is 5. The van der Waals surface area contributed by atoms with Gasteiger partial charge in [0, 0.05) is 23.7 Å². The Morgan fingerprint density at radius 3 is 2.89 bits per heavy atom. The number of aliphatic hydroxyl groups excluding tert-OH is 1. The summed E-state index contributed by atoms with van der Waals surface area (Å²) < 4.78 is 0. The van der Waals surface area contributed by atoms with Crippen LogP contribution in [0.3, 0.4) is 0 Å². The normalized spacial score (nSPS) is 15.6. The van der Waals surface area contributed by atoms with Crippen LogP contribution in [0.4, 0.5) is 0 Å². The van der Waals surface area contributed by atoms with Crippen LogP contribution in [0.25, 0.3) is 0 Å². The van der Waals surface area contributed by atoms with E-state index in [0.29, 0.717) is 4.88 Å². The minimum Gasteiger partial charge on any atom is -0.480 e. The number of fused-ring (bicyclic) bond motifs is 1. The van der Waals surface area contributed by atoms with Gasteiger partial charge < -0.3 is 15.5 Å². The SMILES string of the molecule is O=C(N[C@@H](CCO)C(=O)O)c1cc2c(s1)CCSC2. The third-order valence-electron chi connectivity index (χ3n) is 2.87. The maximum Gasteiger partial charge on any atom is 0.326 e. The first-order chi connectivity index (χ1) is 9.11. The second kappa shape index (κ2) is 6.40. The van der Waals surface area contributed by atoms with Crippen molar-refractivity contribution in [2.24, 2.45) is 0 Å². The Balaban J connectivity index is 2.06. The smallest absolute Gasteiger partial charge is 0.326 e. The summed E-state index contributed by atoms with van der Waals surface area (Å²) in [5.74, 6) is 0.485. The molecule has 3 N–H and O–H groups in total. The summed E-state index contributed by atoms with van der Waals surface area (Å²) in [5, 5.41) is 20.2. The highest BCUT2D eigenvalue weighted by Crippen LogP contribution is 2.31. The number of amides is 1. The predicted octanol–water partition coefficient (Wildman–Crippen LogP) is 1.10. The first-order valence-corrected chi connectivity index (χ1v) is 7.92. The van der Waals surface area contributed by atoms with Crippen LogP contribution in [0, 0.1) is 0 Å². The molecule has 2 heterocycles. The van der Waals surface area contributed by atoms with E-state index in [1.54, 1.807) is 0 Å². The molecule has 1 aliphatic rings. The number of carboxylic acid groups (broad SMARTS) is 1. The second-order valence-electron chi connectivity index (χ2n) is 4.24. The highest BCUT2D eigenvalue weighted by atomic mass is 32.2. The number of nitrogens with one attached hydrogen (secondary N) is 1. The lowest BCUT2D eigenvalue weighted by atomic mass is 10.2. The molecule has 7 heteroatoms. The molecule has 1 atom stereocenters. The molecule has 5 nitrogen and oxygen atoms in total. The van der Waals surface area contributed by atoms with Crippen molar-refractivity contribution in [3.8, 4) is 0 Å². The highest BCUT2D eigenvalue weighted by Gasteiger charge is 2.22. The number of aryl methyl sites for hydroxylation is 1. The first kappa shape index (κ1) is 14.4. The third kappa shape index (κ3) is 3.49. The van der Waals surface area contributed by atoms with Crippen LogP contribution in [0.2, 0.25) is 0 Å². The van der Waals surface area contributed by atoms with E-state index in [9.17, 15) is 9.59 Å². The number of aliphatic carboxylic acids is 1. The van der Waals surface area contributed by atoms with E-state index in [1.165, 1.54) is 21.8 Å². The van der Waals surface area contributed by atoms with Crippen molar-refractivity contribution in [2.75, 3.05) is 12.4 Å². The van der Waals surface area contributed by atoms with Crippen molar-refractivity contribution in [1.29, 1.82) is 0 Å². The Bertz CT molecular complexity index is 463. The Kier molecular flexibility index (Phi) is 4.84. The summed E-state index contributed by atoms with van der Waals surface area (Å²) >= 11 is 3.27. The summed E-state index contributed by atoms with van der Waals surface area (Å²) in [6.07, 6.45) is 0.985. The summed E-state index contributed by atoms with van der Waals surface area (Å²) in [6, 6.07) is 0.810. The van der Waals surface area contributed by atoms with Crippen LogP contribution in [0.1, 0.15) is 26.5 Å². The molecule has 1 aromatic heterocycles. The zero-order chi connectivity index (χ0) is 13.8. The monoisotopic (exact) mass is 301 g/mol. The van der Waals surface area contributed by atoms with Crippen molar-refractivity contribution >= 4 is 35.0 Å². The van der Waals surface area contributed by atoms with Gasteiger partial charge >= 0.3 is 5.97 Å². The van der Waals surface area contributed by atoms with Crippen LogP contribution >= 0.6 is 23.1 Å². The van der Waals surface area contributed by atoms with Gasteiger partial charge in [0.25, 0.3) is 5.91 Å². The number of carboxylic acids is 1. The number of thioether (sulfide) groups is 1. The molecule has 0 aromatic carbocycles. The number of carbonyl (C=O) groups excluding carboxylic acids is 1. The standard InChI is InChI=1S/C12H15NO4S2/c14-3-1-8(12(16)17)13-11(15)10-5-7-6-18-4-2-9(7)19-10/h5,8,14H,1-4,6H2,(H,13,15)(H,16,17)/t8-/m0/s1. The van der Waals surface area contributed by atoms with Crippen LogP contribution in [-0.2, 0) is 17.0 Å². The van der Waals surface area contributed by atoms with Gasteiger partial charge in [-0.15, -0.1) is 11.3 Å². The Labute approximate surface area is 119 Å². The van der Waals surface area contributed by atoms with Crippen LogP contribution in [0.5, 0.6) is 0 Å². The average molecular weight is 301 g/mol. The third-order valence-corrected chi connectivity index (χ3v) is 5.12. The Hall–Kier alpha value is -1.05. The summed E-state index contributed by atoms with van der Waals surface area (Å²) in [7, 11) is 0.